The first-order valence-corrected chi connectivity index (χ1v) is 9.95. The Balaban J connectivity index is 1.66. The van der Waals surface area contributed by atoms with E-state index < -0.39 is 0 Å². The Morgan fingerprint density at radius 1 is 1.07 bits per heavy atom. The number of amides is 1. The molecule has 1 aliphatic heterocycles. The fourth-order valence-electron chi connectivity index (χ4n) is 3.53. The number of pyridine rings is 2. The third kappa shape index (κ3) is 4.31. The maximum atomic E-state index is 11.6. The van der Waals surface area contributed by atoms with E-state index in [1.165, 1.54) is 0 Å². The van der Waals surface area contributed by atoms with Crippen LogP contribution in [-0.4, -0.2) is 34.6 Å². The SMILES string of the molecule is CC(C)Oc1ccc(-c2cc(O[C@H](C)[C@@H]3CNC(=O)C3)c3cccnc3c2)cn1. The van der Waals surface area contributed by atoms with Gasteiger partial charge in [0.1, 0.15) is 11.9 Å². The summed E-state index contributed by atoms with van der Waals surface area (Å²) < 4.78 is 12.0. The number of nitrogens with zero attached hydrogens (tertiary/aromatic N) is 2. The highest BCUT2D eigenvalue weighted by molar-refractivity contribution is 5.90. The van der Waals surface area contributed by atoms with Gasteiger partial charge in [-0.3, -0.25) is 9.78 Å². The van der Waals surface area contributed by atoms with Gasteiger partial charge < -0.3 is 14.8 Å². The summed E-state index contributed by atoms with van der Waals surface area (Å²) in [6.45, 7) is 6.61. The Bertz CT molecular complexity index is 1020. The van der Waals surface area contributed by atoms with Crippen LogP contribution in [-0.2, 0) is 4.79 Å². The Labute approximate surface area is 170 Å². The Morgan fingerprint density at radius 3 is 2.62 bits per heavy atom. The summed E-state index contributed by atoms with van der Waals surface area (Å²) >= 11 is 0. The summed E-state index contributed by atoms with van der Waals surface area (Å²) in [5, 5.41) is 3.83. The molecule has 4 rings (SSSR count). The molecule has 0 spiro atoms. The second-order valence-corrected chi connectivity index (χ2v) is 7.69. The van der Waals surface area contributed by atoms with E-state index in [-0.39, 0.29) is 24.0 Å². The van der Waals surface area contributed by atoms with E-state index >= 15 is 0 Å². The van der Waals surface area contributed by atoms with E-state index in [2.05, 4.69) is 15.3 Å². The average molecular weight is 391 g/mol. The van der Waals surface area contributed by atoms with E-state index in [1.807, 2.05) is 57.2 Å². The monoisotopic (exact) mass is 391 g/mol. The largest absolute Gasteiger partial charge is 0.490 e. The number of carbonyl (C=O) groups is 1. The number of rotatable bonds is 6. The van der Waals surface area contributed by atoms with Crippen LogP contribution in [0.2, 0.25) is 0 Å². The molecule has 0 aliphatic carbocycles. The molecule has 1 amide bonds. The van der Waals surface area contributed by atoms with E-state index in [0.29, 0.717) is 18.8 Å². The number of ether oxygens (including phenoxy) is 2. The van der Waals surface area contributed by atoms with Crippen LogP contribution in [0.1, 0.15) is 27.2 Å². The molecule has 1 fully saturated rings. The van der Waals surface area contributed by atoms with Crippen molar-refractivity contribution in [3.8, 4) is 22.8 Å². The molecule has 150 valence electrons. The van der Waals surface area contributed by atoms with Gasteiger partial charge in [0, 0.05) is 48.3 Å². The van der Waals surface area contributed by atoms with Gasteiger partial charge in [0.05, 0.1) is 11.6 Å². The lowest BCUT2D eigenvalue weighted by atomic mass is 10.0. The van der Waals surface area contributed by atoms with Crippen molar-refractivity contribution in [1.82, 2.24) is 15.3 Å². The molecule has 2 atom stereocenters. The molecule has 0 bridgehead atoms. The first-order chi connectivity index (χ1) is 14.0. The molecule has 0 radical (unpaired) electrons. The minimum atomic E-state index is -0.0902. The zero-order valence-corrected chi connectivity index (χ0v) is 16.9. The maximum absolute atomic E-state index is 11.6. The highest BCUT2D eigenvalue weighted by Crippen LogP contribution is 2.33. The molecule has 2 aromatic heterocycles. The van der Waals surface area contributed by atoms with Crippen LogP contribution in [0.25, 0.3) is 22.0 Å². The van der Waals surface area contributed by atoms with Crippen LogP contribution in [0.5, 0.6) is 11.6 Å². The molecule has 3 aromatic rings. The van der Waals surface area contributed by atoms with Crippen LogP contribution in [0, 0.1) is 5.92 Å². The van der Waals surface area contributed by atoms with Gasteiger partial charge in [0.15, 0.2) is 0 Å². The van der Waals surface area contributed by atoms with E-state index in [9.17, 15) is 4.79 Å². The predicted molar refractivity (Wildman–Crippen MR) is 112 cm³/mol. The summed E-state index contributed by atoms with van der Waals surface area (Å²) in [6.07, 6.45) is 4.06. The molecular weight excluding hydrogens is 366 g/mol. The molecule has 0 unspecified atom stereocenters. The lowest BCUT2D eigenvalue weighted by molar-refractivity contribution is -0.119. The highest BCUT2D eigenvalue weighted by atomic mass is 16.5. The lowest BCUT2D eigenvalue weighted by Gasteiger charge is -2.21. The number of fused-ring (bicyclic) bond motifs is 1. The van der Waals surface area contributed by atoms with Crippen molar-refractivity contribution < 1.29 is 14.3 Å². The van der Waals surface area contributed by atoms with Gasteiger partial charge in [-0.1, -0.05) is 0 Å². The van der Waals surface area contributed by atoms with Crippen LogP contribution in [0.3, 0.4) is 0 Å². The highest BCUT2D eigenvalue weighted by Gasteiger charge is 2.28. The van der Waals surface area contributed by atoms with Gasteiger partial charge in [-0.05, 0) is 56.7 Å². The summed E-state index contributed by atoms with van der Waals surface area (Å²) in [5.41, 5.74) is 2.79. The number of benzene rings is 1. The normalized spacial score (nSPS) is 17.4. The number of hydrogen-bond donors (Lipinski definition) is 1. The van der Waals surface area contributed by atoms with Crippen molar-refractivity contribution in [2.45, 2.75) is 39.4 Å². The summed E-state index contributed by atoms with van der Waals surface area (Å²) in [4.78, 5) is 20.5. The first-order valence-electron chi connectivity index (χ1n) is 9.95. The van der Waals surface area contributed by atoms with Gasteiger partial charge >= 0.3 is 0 Å². The minimum absolute atomic E-state index is 0.0802. The fourth-order valence-corrected chi connectivity index (χ4v) is 3.53. The molecular formula is C23H25N3O3. The summed E-state index contributed by atoms with van der Waals surface area (Å²) in [6, 6.07) is 11.8. The van der Waals surface area contributed by atoms with E-state index in [1.54, 1.807) is 12.4 Å². The van der Waals surface area contributed by atoms with Gasteiger partial charge in [0.25, 0.3) is 0 Å². The van der Waals surface area contributed by atoms with Crippen LogP contribution in [0.15, 0.2) is 48.8 Å². The third-order valence-corrected chi connectivity index (χ3v) is 5.09. The number of hydrogen-bond acceptors (Lipinski definition) is 5. The fraction of sp³-hybridized carbons (Fsp3) is 0.348. The van der Waals surface area contributed by atoms with Crippen LogP contribution < -0.4 is 14.8 Å². The van der Waals surface area contributed by atoms with Crippen LogP contribution >= 0.6 is 0 Å². The zero-order chi connectivity index (χ0) is 20.4. The van der Waals surface area contributed by atoms with Crippen molar-refractivity contribution in [3.05, 3.63) is 48.8 Å². The topological polar surface area (TPSA) is 73.3 Å². The van der Waals surface area contributed by atoms with Gasteiger partial charge in [0.2, 0.25) is 11.8 Å². The van der Waals surface area contributed by atoms with E-state index in [0.717, 1.165) is 27.8 Å². The van der Waals surface area contributed by atoms with Gasteiger partial charge in [-0.15, -0.1) is 0 Å². The predicted octanol–water partition coefficient (Wildman–Crippen LogP) is 3.99. The standard InChI is InChI=1S/C23H25N3O3/c1-14(2)28-23-7-6-16(12-26-23)17-9-20-19(5-4-8-24-20)21(10-17)29-15(3)18-11-22(27)25-13-18/h4-10,12,14-15,18H,11,13H2,1-3H3,(H,25,27)/t15-,18+/m1/s1. The summed E-state index contributed by atoms with van der Waals surface area (Å²) in [7, 11) is 0. The van der Waals surface area contributed by atoms with Gasteiger partial charge in [-0.2, -0.15) is 0 Å². The second kappa shape index (κ2) is 8.07. The molecule has 1 aromatic carbocycles. The Hall–Kier alpha value is -3.15. The molecule has 29 heavy (non-hydrogen) atoms. The zero-order valence-electron chi connectivity index (χ0n) is 16.9. The summed E-state index contributed by atoms with van der Waals surface area (Å²) in [5.74, 6) is 1.61. The number of aromatic nitrogens is 2. The molecule has 1 aliphatic rings. The third-order valence-electron chi connectivity index (χ3n) is 5.09. The van der Waals surface area contributed by atoms with E-state index in [4.69, 9.17) is 9.47 Å². The maximum Gasteiger partial charge on any atom is 0.220 e. The van der Waals surface area contributed by atoms with Crippen molar-refractivity contribution in [2.75, 3.05) is 6.54 Å². The molecule has 3 heterocycles. The second-order valence-electron chi connectivity index (χ2n) is 7.69. The number of nitrogens with one attached hydrogen (secondary N) is 1. The lowest BCUT2D eigenvalue weighted by Crippen LogP contribution is -2.25. The molecule has 6 nitrogen and oxygen atoms in total. The molecule has 0 saturated carbocycles. The Kier molecular flexibility index (Phi) is 5.34. The van der Waals surface area contributed by atoms with Gasteiger partial charge in [-0.25, -0.2) is 4.98 Å². The van der Waals surface area contributed by atoms with Crippen molar-refractivity contribution in [1.29, 1.82) is 0 Å². The molecule has 1 saturated heterocycles. The van der Waals surface area contributed by atoms with Crippen LogP contribution in [0.4, 0.5) is 0 Å². The average Bonchev–Trinajstić information content (AvgIpc) is 3.14. The quantitative estimate of drug-likeness (QED) is 0.688. The number of carbonyl (C=O) groups excluding carboxylic acids is 1. The first kappa shape index (κ1) is 19.2. The van der Waals surface area contributed by atoms with Crippen molar-refractivity contribution >= 4 is 16.8 Å². The smallest absolute Gasteiger partial charge is 0.220 e. The molecule has 6 heteroatoms. The minimum Gasteiger partial charge on any atom is -0.490 e. The van der Waals surface area contributed by atoms with Crippen molar-refractivity contribution in [2.24, 2.45) is 5.92 Å². The Morgan fingerprint density at radius 2 is 1.93 bits per heavy atom. The van der Waals surface area contributed by atoms with Crippen molar-refractivity contribution in [3.63, 3.8) is 0 Å². The molecule has 1 N–H and O–H groups in total.